The predicted molar refractivity (Wildman–Crippen MR) is 83.6 cm³/mol. The van der Waals surface area contributed by atoms with Crippen LogP contribution in [0.3, 0.4) is 0 Å². The normalized spacial score (nSPS) is 10.7. The van der Waals surface area contributed by atoms with Crippen molar-refractivity contribution in [2.45, 2.75) is 6.92 Å². The zero-order valence-electron chi connectivity index (χ0n) is 10.9. The lowest BCUT2D eigenvalue weighted by atomic mass is 10.1. The van der Waals surface area contributed by atoms with Gasteiger partial charge in [0.1, 0.15) is 5.82 Å². The summed E-state index contributed by atoms with van der Waals surface area (Å²) >= 11 is 3.64. The molecule has 0 bridgehead atoms. The third kappa shape index (κ3) is 2.20. The van der Waals surface area contributed by atoms with E-state index in [4.69, 9.17) is 5.73 Å². The standard InChI is InChI=1S/C15H13BrN4/c1-10-3-2-4-12(15(10)16)20-9-18-8-13(20)11-5-6-19-14(17)7-11/h2-9H,1H3,(H2,17,19). The topological polar surface area (TPSA) is 56.7 Å². The third-order valence-corrected chi connectivity index (χ3v) is 4.18. The van der Waals surface area contributed by atoms with Crippen LogP contribution >= 0.6 is 15.9 Å². The van der Waals surface area contributed by atoms with Crippen LogP contribution in [0, 0.1) is 6.92 Å². The van der Waals surface area contributed by atoms with Gasteiger partial charge in [0, 0.05) is 16.2 Å². The Hall–Kier alpha value is -2.14. The van der Waals surface area contributed by atoms with Crippen LogP contribution in [0.4, 0.5) is 5.82 Å². The molecule has 100 valence electrons. The molecule has 0 aliphatic heterocycles. The molecule has 2 N–H and O–H groups in total. The van der Waals surface area contributed by atoms with E-state index in [-0.39, 0.29) is 0 Å². The van der Waals surface area contributed by atoms with E-state index in [1.807, 2.05) is 35.0 Å². The molecule has 4 nitrogen and oxygen atoms in total. The summed E-state index contributed by atoms with van der Waals surface area (Å²) < 4.78 is 3.09. The lowest BCUT2D eigenvalue weighted by Gasteiger charge is -2.12. The fourth-order valence-electron chi connectivity index (χ4n) is 2.13. The van der Waals surface area contributed by atoms with E-state index in [1.165, 1.54) is 5.56 Å². The molecule has 0 spiro atoms. The van der Waals surface area contributed by atoms with Gasteiger partial charge < -0.3 is 5.73 Å². The van der Waals surface area contributed by atoms with Gasteiger partial charge in [0.2, 0.25) is 0 Å². The number of hydrogen-bond acceptors (Lipinski definition) is 3. The monoisotopic (exact) mass is 328 g/mol. The van der Waals surface area contributed by atoms with Gasteiger partial charge in [-0.1, -0.05) is 12.1 Å². The second-order valence-electron chi connectivity index (χ2n) is 4.53. The number of aryl methyl sites for hydroxylation is 1. The average Bonchev–Trinajstić information content (AvgIpc) is 2.91. The number of nitrogens with two attached hydrogens (primary N) is 1. The number of hydrogen-bond donors (Lipinski definition) is 1. The average molecular weight is 329 g/mol. The van der Waals surface area contributed by atoms with Gasteiger partial charge in [-0.3, -0.25) is 4.57 Å². The first-order valence-electron chi connectivity index (χ1n) is 6.16. The first-order chi connectivity index (χ1) is 9.66. The Balaban J connectivity index is 2.18. The fraction of sp³-hybridized carbons (Fsp3) is 0.0667. The Bertz CT molecular complexity index is 764. The minimum Gasteiger partial charge on any atom is -0.384 e. The van der Waals surface area contributed by atoms with Gasteiger partial charge in [-0.15, -0.1) is 0 Å². The van der Waals surface area contributed by atoms with E-state index < -0.39 is 0 Å². The summed E-state index contributed by atoms with van der Waals surface area (Å²) in [5.74, 6) is 0.499. The molecule has 2 heterocycles. The number of nitrogen functional groups attached to an aromatic ring is 1. The SMILES string of the molecule is Cc1cccc(-n2cncc2-c2ccnc(N)c2)c1Br. The largest absolute Gasteiger partial charge is 0.384 e. The summed E-state index contributed by atoms with van der Waals surface area (Å²) in [6, 6.07) is 9.91. The van der Waals surface area contributed by atoms with Gasteiger partial charge in [-0.05, 0) is 46.6 Å². The van der Waals surface area contributed by atoms with Gasteiger partial charge in [-0.25, -0.2) is 9.97 Å². The molecule has 20 heavy (non-hydrogen) atoms. The summed E-state index contributed by atoms with van der Waals surface area (Å²) in [5.41, 5.74) is 9.95. The molecule has 0 radical (unpaired) electrons. The molecule has 0 aliphatic rings. The van der Waals surface area contributed by atoms with Crippen molar-refractivity contribution in [1.29, 1.82) is 0 Å². The zero-order valence-corrected chi connectivity index (χ0v) is 12.5. The molecule has 0 fully saturated rings. The minimum absolute atomic E-state index is 0.499. The van der Waals surface area contributed by atoms with Gasteiger partial charge in [-0.2, -0.15) is 0 Å². The third-order valence-electron chi connectivity index (χ3n) is 3.15. The van der Waals surface area contributed by atoms with Gasteiger partial charge in [0.25, 0.3) is 0 Å². The molecule has 1 aromatic carbocycles. The molecule has 0 unspecified atom stereocenters. The lowest BCUT2D eigenvalue weighted by Crippen LogP contribution is -1.98. The van der Waals surface area contributed by atoms with Crippen molar-refractivity contribution in [2.75, 3.05) is 5.73 Å². The minimum atomic E-state index is 0.499. The number of halogens is 1. The van der Waals surface area contributed by atoms with Crippen LogP contribution in [-0.4, -0.2) is 14.5 Å². The van der Waals surface area contributed by atoms with Crippen molar-refractivity contribution in [3.8, 4) is 16.9 Å². The van der Waals surface area contributed by atoms with E-state index in [1.54, 1.807) is 12.5 Å². The van der Waals surface area contributed by atoms with Crippen LogP contribution in [0.2, 0.25) is 0 Å². The van der Waals surface area contributed by atoms with Crippen LogP contribution < -0.4 is 5.73 Å². The Morgan fingerprint density at radius 1 is 1.25 bits per heavy atom. The first-order valence-corrected chi connectivity index (χ1v) is 6.96. The highest BCUT2D eigenvalue weighted by atomic mass is 79.9. The van der Waals surface area contributed by atoms with E-state index in [9.17, 15) is 0 Å². The highest BCUT2D eigenvalue weighted by Gasteiger charge is 2.11. The first kappa shape index (κ1) is 12.9. The maximum absolute atomic E-state index is 5.76. The number of pyridine rings is 1. The highest BCUT2D eigenvalue weighted by Crippen LogP contribution is 2.29. The maximum atomic E-state index is 5.76. The molecular weight excluding hydrogens is 316 g/mol. The second kappa shape index (κ2) is 5.09. The number of aromatic nitrogens is 3. The number of anilines is 1. The van der Waals surface area contributed by atoms with E-state index in [0.717, 1.165) is 21.4 Å². The van der Waals surface area contributed by atoms with Gasteiger partial charge >= 0.3 is 0 Å². The summed E-state index contributed by atoms with van der Waals surface area (Å²) in [6.07, 6.45) is 5.32. The van der Waals surface area contributed by atoms with E-state index in [0.29, 0.717) is 5.82 Å². The number of nitrogens with zero attached hydrogens (tertiary/aromatic N) is 3. The molecule has 2 aromatic heterocycles. The number of rotatable bonds is 2. The quantitative estimate of drug-likeness (QED) is 0.782. The summed E-state index contributed by atoms with van der Waals surface area (Å²) in [6.45, 7) is 2.06. The molecule has 0 atom stereocenters. The summed E-state index contributed by atoms with van der Waals surface area (Å²) in [5, 5.41) is 0. The Kier molecular flexibility index (Phi) is 3.28. The highest BCUT2D eigenvalue weighted by molar-refractivity contribution is 9.10. The zero-order chi connectivity index (χ0) is 14.1. The summed E-state index contributed by atoms with van der Waals surface area (Å²) in [7, 11) is 0. The van der Waals surface area contributed by atoms with Crippen molar-refractivity contribution in [1.82, 2.24) is 14.5 Å². The Morgan fingerprint density at radius 3 is 2.90 bits per heavy atom. The smallest absolute Gasteiger partial charge is 0.123 e. The van der Waals surface area contributed by atoms with Crippen LogP contribution in [0.15, 0.2) is 53.5 Å². The van der Waals surface area contributed by atoms with Gasteiger partial charge in [0.05, 0.1) is 23.9 Å². The van der Waals surface area contributed by atoms with Crippen molar-refractivity contribution in [2.24, 2.45) is 0 Å². The fourth-order valence-corrected chi connectivity index (χ4v) is 2.58. The van der Waals surface area contributed by atoms with Crippen LogP contribution in [0.25, 0.3) is 16.9 Å². The van der Waals surface area contributed by atoms with Crippen LogP contribution in [0.5, 0.6) is 0 Å². The van der Waals surface area contributed by atoms with Crippen molar-refractivity contribution >= 4 is 21.7 Å². The predicted octanol–water partition coefficient (Wildman–Crippen LogP) is 3.59. The van der Waals surface area contributed by atoms with Crippen LogP contribution in [-0.2, 0) is 0 Å². The van der Waals surface area contributed by atoms with Gasteiger partial charge in [0.15, 0.2) is 0 Å². The second-order valence-corrected chi connectivity index (χ2v) is 5.32. The number of imidazole rings is 1. The molecule has 5 heteroatoms. The molecule has 0 amide bonds. The van der Waals surface area contributed by atoms with Crippen molar-refractivity contribution in [3.63, 3.8) is 0 Å². The van der Waals surface area contributed by atoms with Crippen LogP contribution in [0.1, 0.15) is 5.56 Å². The molecule has 0 saturated carbocycles. The molecule has 0 aliphatic carbocycles. The van der Waals surface area contributed by atoms with Crippen molar-refractivity contribution < 1.29 is 0 Å². The summed E-state index contributed by atoms with van der Waals surface area (Å²) in [4.78, 5) is 8.28. The molecule has 3 aromatic rings. The van der Waals surface area contributed by atoms with E-state index >= 15 is 0 Å². The Morgan fingerprint density at radius 2 is 2.10 bits per heavy atom. The molecular formula is C15H13BrN4. The lowest BCUT2D eigenvalue weighted by molar-refractivity contribution is 1.05. The molecule has 0 saturated heterocycles. The van der Waals surface area contributed by atoms with Crippen molar-refractivity contribution in [3.05, 3.63) is 59.1 Å². The van der Waals surface area contributed by atoms with E-state index in [2.05, 4.69) is 38.9 Å². The Labute approximate surface area is 125 Å². The maximum Gasteiger partial charge on any atom is 0.123 e. The number of benzene rings is 1. The molecule has 3 rings (SSSR count).